The van der Waals surface area contributed by atoms with Crippen molar-refractivity contribution in [2.75, 3.05) is 31.4 Å². The number of amides is 1. The highest BCUT2D eigenvalue weighted by molar-refractivity contribution is 5.89. The van der Waals surface area contributed by atoms with Crippen LogP contribution in [0.25, 0.3) is 11.3 Å². The van der Waals surface area contributed by atoms with Crippen LogP contribution in [0.15, 0.2) is 30.6 Å². The first-order valence-electron chi connectivity index (χ1n) is 6.71. The fraction of sp³-hybridized carbons (Fsp3) is 0.267. The van der Waals surface area contributed by atoms with Gasteiger partial charge in [-0.3, -0.25) is 9.78 Å². The van der Waals surface area contributed by atoms with Crippen LogP contribution in [0.1, 0.15) is 6.92 Å². The fourth-order valence-electron chi connectivity index (χ4n) is 1.80. The number of hydrogen-bond acceptors (Lipinski definition) is 6. The first kappa shape index (κ1) is 15.7. The van der Waals surface area contributed by atoms with Crippen LogP contribution in [0, 0.1) is 0 Å². The Hall–Kier alpha value is -2.67. The molecule has 0 bridgehead atoms. The van der Waals surface area contributed by atoms with Gasteiger partial charge in [0, 0.05) is 37.5 Å². The number of pyridine rings is 2. The number of nitrogen functional groups attached to an aromatic ring is 1. The molecule has 0 aliphatic heterocycles. The lowest BCUT2D eigenvalue weighted by Gasteiger charge is -2.09. The van der Waals surface area contributed by atoms with Gasteiger partial charge in [-0.25, -0.2) is 4.98 Å². The van der Waals surface area contributed by atoms with Crippen molar-refractivity contribution in [3.05, 3.63) is 30.6 Å². The summed E-state index contributed by atoms with van der Waals surface area (Å²) in [6.45, 7) is 2.39. The second-order valence-corrected chi connectivity index (χ2v) is 4.56. The summed E-state index contributed by atoms with van der Waals surface area (Å²) in [6, 6.07) is 5.20. The standard InChI is InChI=1S/C15H18N4O3/c1-10(20)19-15-7-13(16)12(9-18-15)14-4-3-11(8-17-14)22-6-5-21-2/h3-4,7-9H,5-6H2,1-2H3,(H3,16,18,19,20). The highest BCUT2D eigenvalue weighted by Crippen LogP contribution is 2.26. The normalized spacial score (nSPS) is 10.3. The van der Waals surface area contributed by atoms with Gasteiger partial charge in [0.15, 0.2) is 0 Å². The van der Waals surface area contributed by atoms with Gasteiger partial charge in [0.1, 0.15) is 18.2 Å². The average Bonchev–Trinajstić information content (AvgIpc) is 2.48. The number of nitrogens with zero attached hydrogens (tertiary/aromatic N) is 2. The van der Waals surface area contributed by atoms with Crippen LogP contribution in [-0.2, 0) is 9.53 Å². The molecule has 2 heterocycles. The van der Waals surface area contributed by atoms with Crippen molar-refractivity contribution in [2.45, 2.75) is 6.92 Å². The molecule has 2 rings (SSSR count). The van der Waals surface area contributed by atoms with E-state index < -0.39 is 0 Å². The van der Waals surface area contributed by atoms with Crippen molar-refractivity contribution in [1.29, 1.82) is 0 Å². The molecule has 0 unspecified atom stereocenters. The summed E-state index contributed by atoms with van der Waals surface area (Å²) in [5, 5.41) is 2.58. The summed E-state index contributed by atoms with van der Waals surface area (Å²) in [4.78, 5) is 19.4. The van der Waals surface area contributed by atoms with Gasteiger partial charge in [-0.2, -0.15) is 0 Å². The Balaban J connectivity index is 2.12. The molecule has 0 aliphatic carbocycles. The maximum absolute atomic E-state index is 11.0. The molecule has 0 aromatic carbocycles. The Morgan fingerprint density at radius 2 is 2.09 bits per heavy atom. The van der Waals surface area contributed by atoms with E-state index in [9.17, 15) is 4.79 Å². The van der Waals surface area contributed by atoms with Crippen LogP contribution in [0.5, 0.6) is 5.75 Å². The maximum Gasteiger partial charge on any atom is 0.222 e. The molecule has 2 aromatic heterocycles. The molecule has 0 fully saturated rings. The number of carbonyl (C=O) groups excluding carboxylic acids is 1. The number of anilines is 2. The van der Waals surface area contributed by atoms with E-state index in [0.717, 1.165) is 0 Å². The minimum Gasteiger partial charge on any atom is -0.490 e. The molecule has 116 valence electrons. The molecular formula is C15H18N4O3. The van der Waals surface area contributed by atoms with Gasteiger partial charge in [0.25, 0.3) is 0 Å². The van der Waals surface area contributed by atoms with E-state index in [1.54, 1.807) is 37.7 Å². The third-order valence-corrected chi connectivity index (χ3v) is 2.81. The predicted molar refractivity (Wildman–Crippen MR) is 83.6 cm³/mol. The van der Waals surface area contributed by atoms with Crippen LogP contribution in [0.4, 0.5) is 11.5 Å². The lowest BCUT2D eigenvalue weighted by atomic mass is 10.1. The number of methoxy groups -OCH3 is 1. The number of aromatic nitrogens is 2. The Bertz CT molecular complexity index is 644. The third-order valence-electron chi connectivity index (χ3n) is 2.81. The quantitative estimate of drug-likeness (QED) is 0.788. The molecule has 0 aliphatic rings. The van der Waals surface area contributed by atoms with Gasteiger partial charge in [0.05, 0.1) is 18.5 Å². The van der Waals surface area contributed by atoms with Gasteiger partial charge >= 0.3 is 0 Å². The molecule has 1 amide bonds. The van der Waals surface area contributed by atoms with Crippen molar-refractivity contribution < 1.29 is 14.3 Å². The molecule has 22 heavy (non-hydrogen) atoms. The van der Waals surface area contributed by atoms with Crippen molar-refractivity contribution in [1.82, 2.24) is 9.97 Å². The van der Waals surface area contributed by atoms with Crippen LogP contribution in [0.3, 0.4) is 0 Å². The zero-order valence-electron chi connectivity index (χ0n) is 12.5. The first-order chi connectivity index (χ1) is 10.6. The molecule has 0 saturated heterocycles. The highest BCUT2D eigenvalue weighted by Gasteiger charge is 2.07. The summed E-state index contributed by atoms with van der Waals surface area (Å²) >= 11 is 0. The van der Waals surface area contributed by atoms with E-state index in [2.05, 4.69) is 15.3 Å². The fourth-order valence-corrected chi connectivity index (χ4v) is 1.80. The van der Waals surface area contributed by atoms with E-state index in [0.29, 0.717) is 41.7 Å². The molecular weight excluding hydrogens is 284 g/mol. The molecule has 0 radical (unpaired) electrons. The van der Waals surface area contributed by atoms with E-state index in [1.807, 2.05) is 0 Å². The summed E-state index contributed by atoms with van der Waals surface area (Å²) in [6.07, 6.45) is 3.19. The molecule has 2 aromatic rings. The van der Waals surface area contributed by atoms with Crippen molar-refractivity contribution in [3.8, 4) is 17.0 Å². The predicted octanol–water partition coefficient (Wildman–Crippen LogP) is 1.71. The van der Waals surface area contributed by atoms with Crippen molar-refractivity contribution in [2.24, 2.45) is 0 Å². The van der Waals surface area contributed by atoms with E-state index in [1.165, 1.54) is 6.92 Å². The van der Waals surface area contributed by atoms with Gasteiger partial charge in [0.2, 0.25) is 5.91 Å². The van der Waals surface area contributed by atoms with Crippen LogP contribution in [-0.4, -0.2) is 36.2 Å². The Kier molecular flexibility index (Phi) is 5.26. The number of ether oxygens (including phenoxy) is 2. The topological polar surface area (TPSA) is 99.4 Å². The Labute approximate surface area is 128 Å². The molecule has 0 saturated carbocycles. The number of nitrogens with one attached hydrogen (secondary N) is 1. The largest absolute Gasteiger partial charge is 0.490 e. The molecule has 7 heteroatoms. The summed E-state index contributed by atoms with van der Waals surface area (Å²) in [5.41, 5.74) is 7.84. The highest BCUT2D eigenvalue weighted by atomic mass is 16.5. The lowest BCUT2D eigenvalue weighted by Crippen LogP contribution is -2.08. The molecule has 7 nitrogen and oxygen atoms in total. The monoisotopic (exact) mass is 302 g/mol. The van der Waals surface area contributed by atoms with E-state index >= 15 is 0 Å². The number of hydrogen-bond donors (Lipinski definition) is 2. The van der Waals surface area contributed by atoms with Crippen LogP contribution in [0.2, 0.25) is 0 Å². The lowest BCUT2D eigenvalue weighted by molar-refractivity contribution is -0.114. The van der Waals surface area contributed by atoms with Gasteiger partial charge < -0.3 is 20.5 Å². The third kappa shape index (κ3) is 4.16. The van der Waals surface area contributed by atoms with Gasteiger partial charge in [-0.05, 0) is 12.1 Å². The zero-order chi connectivity index (χ0) is 15.9. The van der Waals surface area contributed by atoms with Crippen molar-refractivity contribution >= 4 is 17.4 Å². The first-order valence-corrected chi connectivity index (χ1v) is 6.71. The maximum atomic E-state index is 11.0. The Morgan fingerprint density at radius 3 is 2.68 bits per heavy atom. The van der Waals surface area contributed by atoms with E-state index in [4.69, 9.17) is 15.2 Å². The second-order valence-electron chi connectivity index (χ2n) is 4.56. The SMILES string of the molecule is COCCOc1ccc(-c2cnc(NC(C)=O)cc2N)nc1. The molecule has 0 spiro atoms. The van der Waals surface area contributed by atoms with Crippen molar-refractivity contribution in [3.63, 3.8) is 0 Å². The van der Waals surface area contributed by atoms with Gasteiger partial charge in [-0.15, -0.1) is 0 Å². The number of nitrogens with two attached hydrogens (primary N) is 1. The molecule has 0 atom stereocenters. The van der Waals surface area contributed by atoms with Gasteiger partial charge in [-0.1, -0.05) is 0 Å². The summed E-state index contributed by atoms with van der Waals surface area (Å²) < 4.78 is 10.4. The average molecular weight is 302 g/mol. The van der Waals surface area contributed by atoms with Crippen LogP contribution >= 0.6 is 0 Å². The minimum absolute atomic E-state index is 0.199. The zero-order valence-corrected chi connectivity index (χ0v) is 12.5. The number of carbonyl (C=O) groups is 1. The molecule has 3 N–H and O–H groups in total. The minimum atomic E-state index is -0.199. The Morgan fingerprint density at radius 1 is 1.27 bits per heavy atom. The smallest absolute Gasteiger partial charge is 0.222 e. The second kappa shape index (κ2) is 7.37. The summed E-state index contributed by atoms with van der Waals surface area (Å²) in [5.74, 6) is 0.866. The number of rotatable bonds is 6. The van der Waals surface area contributed by atoms with E-state index in [-0.39, 0.29) is 5.91 Å². The van der Waals surface area contributed by atoms with Crippen LogP contribution < -0.4 is 15.8 Å². The summed E-state index contributed by atoms with van der Waals surface area (Å²) in [7, 11) is 1.62.